The van der Waals surface area contributed by atoms with Gasteiger partial charge in [0.2, 0.25) is 0 Å². The van der Waals surface area contributed by atoms with Crippen LogP contribution >= 0.6 is 45.8 Å². The lowest BCUT2D eigenvalue weighted by atomic mass is 10.1. The maximum atomic E-state index is 6.25. The number of rotatable bonds is 8. The van der Waals surface area contributed by atoms with Gasteiger partial charge in [-0.25, -0.2) is 0 Å². The molecule has 0 atom stereocenters. The molecule has 0 radical (unpaired) electrons. The smallest absolute Gasteiger partial charge is 0.174 e. The molecule has 0 fully saturated rings. The van der Waals surface area contributed by atoms with Gasteiger partial charge in [-0.3, -0.25) is 0 Å². The first-order valence-corrected chi connectivity index (χ1v) is 11.1. The van der Waals surface area contributed by atoms with Crippen LogP contribution in [-0.4, -0.2) is 6.61 Å². The summed E-state index contributed by atoms with van der Waals surface area (Å²) in [5.41, 5.74) is 4.08. The highest BCUT2D eigenvalue weighted by atomic mass is 127. The van der Waals surface area contributed by atoms with E-state index in [1.807, 2.05) is 62.4 Å². The van der Waals surface area contributed by atoms with Crippen LogP contribution in [0.3, 0.4) is 0 Å². The third-order valence-corrected chi connectivity index (χ3v) is 5.94. The van der Waals surface area contributed by atoms with E-state index in [4.69, 9.17) is 32.7 Å². The lowest BCUT2D eigenvalue weighted by molar-refractivity contribution is 0.267. The summed E-state index contributed by atoms with van der Waals surface area (Å²) in [6.07, 6.45) is 0. The van der Waals surface area contributed by atoms with Crippen LogP contribution in [0.2, 0.25) is 10.0 Å². The van der Waals surface area contributed by atoms with Gasteiger partial charge in [0.05, 0.1) is 10.2 Å². The number of aryl methyl sites for hydroxylation is 1. The van der Waals surface area contributed by atoms with E-state index in [1.54, 1.807) is 0 Å². The lowest BCUT2D eigenvalue weighted by Gasteiger charge is -2.16. The molecule has 0 aliphatic rings. The van der Waals surface area contributed by atoms with Crippen LogP contribution in [-0.2, 0) is 13.2 Å². The predicted octanol–water partition coefficient (Wildman–Crippen LogP) is 7.50. The summed E-state index contributed by atoms with van der Waals surface area (Å²) in [7, 11) is 0. The molecule has 0 aliphatic heterocycles. The second-order valence-corrected chi connectivity index (χ2v) is 8.51. The topological polar surface area (TPSA) is 30.5 Å². The highest BCUT2D eigenvalue weighted by Crippen LogP contribution is 2.35. The number of hydrogen-bond donors (Lipinski definition) is 1. The third-order valence-electron chi connectivity index (χ3n) is 4.37. The summed E-state index contributed by atoms with van der Waals surface area (Å²) < 4.78 is 12.9. The van der Waals surface area contributed by atoms with Crippen molar-refractivity contribution in [2.24, 2.45) is 0 Å². The maximum absolute atomic E-state index is 6.25. The number of nitrogens with one attached hydrogen (secondary N) is 1. The van der Waals surface area contributed by atoms with Crippen molar-refractivity contribution in [2.45, 2.75) is 27.0 Å². The molecule has 3 rings (SSSR count). The predicted molar refractivity (Wildman–Crippen MR) is 130 cm³/mol. The summed E-state index contributed by atoms with van der Waals surface area (Å²) in [5, 5.41) is 4.85. The molecule has 0 bridgehead atoms. The van der Waals surface area contributed by atoms with Crippen LogP contribution in [0, 0.1) is 10.5 Å². The largest absolute Gasteiger partial charge is 0.490 e. The van der Waals surface area contributed by atoms with E-state index in [2.05, 4.69) is 34.0 Å². The van der Waals surface area contributed by atoms with Crippen molar-refractivity contribution in [2.75, 3.05) is 11.9 Å². The molecule has 0 aromatic heterocycles. The lowest BCUT2D eigenvalue weighted by Crippen LogP contribution is -2.05. The normalized spacial score (nSPS) is 10.7. The SMILES string of the molecule is CCOc1cc(CNc2ccc(C)c(Cl)c2)cc(I)c1OCc1ccccc1Cl. The van der Waals surface area contributed by atoms with Gasteiger partial charge in [-0.05, 0) is 77.9 Å². The highest BCUT2D eigenvalue weighted by Gasteiger charge is 2.13. The standard InChI is InChI=1S/C23H22Cl2INO2/c1-3-28-22-11-16(13-27-18-9-8-15(2)20(25)12-18)10-21(26)23(22)29-14-17-6-4-5-7-19(17)24/h4-12,27H,3,13-14H2,1-2H3. The Balaban J connectivity index is 1.76. The van der Waals surface area contributed by atoms with Crippen molar-refractivity contribution in [3.05, 3.63) is 84.9 Å². The molecule has 3 aromatic carbocycles. The second kappa shape index (κ2) is 10.4. The first kappa shape index (κ1) is 22.1. The highest BCUT2D eigenvalue weighted by molar-refractivity contribution is 14.1. The summed E-state index contributed by atoms with van der Waals surface area (Å²) in [4.78, 5) is 0. The Bertz CT molecular complexity index is 995. The van der Waals surface area contributed by atoms with Crippen LogP contribution in [0.1, 0.15) is 23.6 Å². The zero-order chi connectivity index (χ0) is 20.8. The monoisotopic (exact) mass is 541 g/mol. The Morgan fingerprint density at radius 2 is 1.76 bits per heavy atom. The fraction of sp³-hybridized carbons (Fsp3) is 0.217. The Morgan fingerprint density at radius 3 is 2.48 bits per heavy atom. The van der Waals surface area contributed by atoms with E-state index in [0.717, 1.165) is 42.5 Å². The van der Waals surface area contributed by atoms with Gasteiger partial charge in [0.25, 0.3) is 0 Å². The van der Waals surface area contributed by atoms with E-state index in [9.17, 15) is 0 Å². The van der Waals surface area contributed by atoms with Gasteiger partial charge < -0.3 is 14.8 Å². The average Bonchev–Trinajstić information content (AvgIpc) is 2.70. The van der Waals surface area contributed by atoms with E-state index >= 15 is 0 Å². The van der Waals surface area contributed by atoms with Crippen molar-refractivity contribution in [1.82, 2.24) is 0 Å². The van der Waals surface area contributed by atoms with Crippen LogP contribution in [0.15, 0.2) is 54.6 Å². The van der Waals surface area contributed by atoms with Crippen LogP contribution in [0.25, 0.3) is 0 Å². The van der Waals surface area contributed by atoms with Crippen molar-refractivity contribution in [1.29, 1.82) is 0 Å². The van der Waals surface area contributed by atoms with Gasteiger partial charge in [0.15, 0.2) is 11.5 Å². The first-order valence-electron chi connectivity index (χ1n) is 9.29. The number of hydrogen-bond acceptors (Lipinski definition) is 3. The van der Waals surface area contributed by atoms with E-state index in [1.165, 1.54) is 0 Å². The Morgan fingerprint density at radius 1 is 0.966 bits per heavy atom. The molecule has 0 saturated heterocycles. The van der Waals surface area contributed by atoms with Gasteiger partial charge in [0, 0.05) is 27.8 Å². The van der Waals surface area contributed by atoms with Gasteiger partial charge >= 0.3 is 0 Å². The molecule has 29 heavy (non-hydrogen) atoms. The average molecular weight is 542 g/mol. The number of halogens is 3. The molecule has 0 saturated carbocycles. The van der Waals surface area contributed by atoms with Crippen LogP contribution in [0.5, 0.6) is 11.5 Å². The number of benzene rings is 3. The van der Waals surface area contributed by atoms with Gasteiger partial charge in [-0.1, -0.05) is 47.5 Å². The molecule has 3 nitrogen and oxygen atoms in total. The molecule has 152 valence electrons. The maximum Gasteiger partial charge on any atom is 0.174 e. The fourth-order valence-electron chi connectivity index (χ4n) is 2.80. The van der Waals surface area contributed by atoms with E-state index < -0.39 is 0 Å². The van der Waals surface area contributed by atoms with Gasteiger partial charge in [-0.15, -0.1) is 0 Å². The molecule has 0 aliphatic carbocycles. The quantitative estimate of drug-likeness (QED) is 0.299. The summed E-state index contributed by atoms with van der Waals surface area (Å²) in [5.74, 6) is 1.46. The molecule has 1 N–H and O–H groups in total. The molecular formula is C23H22Cl2INO2. The summed E-state index contributed by atoms with van der Waals surface area (Å²) in [6, 6.07) is 17.7. The van der Waals surface area contributed by atoms with Crippen LogP contribution < -0.4 is 14.8 Å². The van der Waals surface area contributed by atoms with Gasteiger partial charge in [0.1, 0.15) is 6.61 Å². The first-order chi connectivity index (χ1) is 14.0. The Kier molecular flexibility index (Phi) is 7.92. The zero-order valence-electron chi connectivity index (χ0n) is 16.3. The van der Waals surface area contributed by atoms with Crippen molar-refractivity contribution in [3.8, 4) is 11.5 Å². The van der Waals surface area contributed by atoms with E-state index in [-0.39, 0.29) is 0 Å². The Labute approximate surface area is 195 Å². The fourth-order valence-corrected chi connectivity index (χ4v) is 3.99. The zero-order valence-corrected chi connectivity index (χ0v) is 19.9. The molecule has 6 heteroatoms. The van der Waals surface area contributed by atoms with E-state index in [0.29, 0.717) is 24.8 Å². The number of anilines is 1. The molecule has 0 amide bonds. The van der Waals surface area contributed by atoms with Crippen LogP contribution in [0.4, 0.5) is 5.69 Å². The number of ether oxygens (including phenoxy) is 2. The van der Waals surface area contributed by atoms with Crippen molar-refractivity contribution < 1.29 is 9.47 Å². The molecule has 3 aromatic rings. The minimum Gasteiger partial charge on any atom is -0.490 e. The summed E-state index contributed by atoms with van der Waals surface area (Å²) >= 11 is 14.7. The molecule has 0 unspecified atom stereocenters. The van der Waals surface area contributed by atoms with Crippen molar-refractivity contribution >= 4 is 51.5 Å². The third kappa shape index (κ3) is 5.93. The van der Waals surface area contributed by atoms with Gasteiger partial charge in [-0.2, -0.15) is 0 Å². The minimum atomic E-state index is 0.384. The van der Waals surface area contributed by atoms with Crippen molar-refractivity contribution in [3.63, 3.8) is 0 Å². The second-order valence-electron chi connectivity index (χ2n) is 6.54. The molecule has 0 spiro atoms. The Hall–Kier alpha value is -1.63. The summed E-state index contributed by atoms with van der Waals surface area (Å²) in [6.45, 7) is 5.55. The molecule has 0 heterocycles. The molecular weight excluding hydrogens is 520 g/mol. The minimum absolute atomic E-state index is 0.384.